The normalized spacial score (nSPS) is 11.1. The Labute approximate surface area is 138 Å². The van der Waals surface area contributed by atoms with E-state index in [0.717, 1.165) is 25.9 Å². The van der Waals surface area contributed by atoms with Crippen LogP contribution in [0, 0.1) is 0 Å². The van der Waals surface area contributed by atoms with Crippen molar-refractivity contribution in [2.24, 2.45) is 0 Å². The minimum absolute atomic E-state index is 0.905. The lowest BCUT2D eigenvalue weighted by Crippen LogP contribution is -2.16. The van der Waals surface area contributed by atoms with E-state index in [-0.39, 0.29) is 0 Å². The molecule has 2 aromatic rings. The molecule has 0 aromatic heterocycles. The lowest BCUT2D eigenvalue weighted by Gasteiger charge is -2.18. The Hall–Kier alpha value is -1.77. The van der Waals surface area contributed by atoms with Crippen molar-refractivity contribution in [1.82, 2.24) is 4.31 Å². The number of nitrogens with zero attached hydrogens (tertiary/aromatic N) is 1. The number of rotatable bonds is 9. The molecule has 0 unspecified atom stereocenters. The molecular weight excluding hydrogens is 286 g/mol. The standard InChI is InChI=1S/C20H23NS/c1-2-17-21(22-20-15-9-4-10-16-20)18-11-5-8-14-19-12-6-3-7-13-19/h2-4,6-10,12-16H,1,5,11,17-18H2/b14-8+. The first-order valence-corrected chi connectivity index (χ1v) is 8.46. The predicted molar refractivity (Wildman–Crippen MR) is 98.8 cm³/mol. The summed E-state index contributed by atoms with van der Waals surface area (Å²) in [4.78, 5) is 1.28. The fourth-order valence-corrected chi connectivity index (χ4v) is 3.09. The summed E-state index contributed by atoms with van der Waals surface area (Å²) in [6.45, 7) is 5.82. The first kappa shape index (κ1) is 16.6. The quantitative estimate of drug-likeness (QED) is 0.333. The van der Waals surface area contributed by atoms with Crippen molar-refractivity contribution >= 4 is 18.0 Å². The molecule has 0 spiro atoms. The first-order chi connectivity index (χ1) is 10.9. The molecule has 0 aliphatic rings. The molecule has 0 atom stereocenters. The molecule has 0 N–H and O–H groups in total. The van der Waals surface area contributed by atoms with Gasteiger partial charge in [-0.1, -0.05) is 66.8 Å². The van der Waals surface area contributed by atoms with Gasteiger partial charge in [0.1, 0.15) is 0 Å². The van der Waals surface area contributed by atoms with Gasteiger partial charge in [0.2, 0.25) is 0 Å². The van der Waals surface area contributed by atoms with E-state index in [1.54, 1.807) is 11.9 Å². The Morgan fingerprint density at radius 2 is 1.64 bits per heavy atom. The van der Waals surface area contributed by atoms with E-state index in [0.29, 0.717) is 0 Å². The van der Waals surface area contributed by atoms with Gasteiger partial charge in [-0.15, -0.1) is 6.58 Å². The molecule has 22 heavy (non-hydrogen) atoms. The Balaban J connectivity index is 1.75. The van der Waals surface area contributed by atoms with Crippen molar-refractivity contribution in [2.45, 2.75) is 17.7 Å². The van der Waals surface area contributed by atoms with Crippen LogP contribution in [0.5, 0.6) is 0 Å². The van der Waals surface area contributed by atoms with Gasteiger partial charge in [-0.25, -0.2) is 4.31 Å². The van der Waals surface area contributed by atoms with Crippen LogP contribution in [0.25, 0.3) is 6.08 Å². The summed E-state index contributed by atoms with van der Waals surface area (Å²) in [5.74, 6) is 0. The molecule has 0 radical (unpaired) electrons. The smallest absolute Gasteiger partial charge is 0.0271 e. The Morgan fingerprint density at radius 1 is 0.955 bits per heavy atom. The van der Waals surface area contributed by atoms with E-state index in [1.165, 1.54) is 10.5 Å². The highest BCUT2D eigenvalue weighted by atomic mass is 32.2. The topological polar surface area (TPSA) is 3.24 Å². The van der Waals surface area contributed by atoms with E-state index >= 15 is 0 Å². The van der Waals surface area contributed by atoms with Crippen molar-refractivity contribution in [3.05, 3.63) is 85.0 Å². The summed E-state index contributed by atoms with van der Waals surface area (Å²) in [6.07, 6.45) is 8.67. The highest BCUT2D eigenvalue weighted by Crippen LogP contribution is 2.22. The maximum Gasteiger partial charge on any atom is 0.0271 e. The third-order valence-corrected chi connectivity index (χ3v) is 4.27. The van der Waals surface area contributed by atoms with Crippen molar-refractivity contribution in [2.75, 3.05) is 13.1 Å². The summed E-state index contributed by atoms with van der Waals surface area (Å²) >= 11 is 1.81. The largest absolute Gasteiger partial charge is 0.243 e. The van der Waals surface area contributed by atoms with E-state index in [9.17, 15) is 0 Å². The van der Waals surface area contributed by atoms with Gasteiger partial charge in [0.25, 0.3) is 0 Å². The van der Waals surface area contributed by atoms with E-state index < -0.39 is 0 Å². The fourth-order valence-electron chi connectivity index (χ4n) is 2.12. The third-order valence-electron chi connectivity index (χ3n) is 3.20. The minimum atomic E-state index is 0.905. The van der Waals surface area contributed by atoms with Crippen LogP contribution in [0.1, 0.15) is 18.4 Å². The first-order valence-electron chi connectivity index (χ1n) is 7.69. The molecular formula is C20H23NS. The van der Waals surface area contributed by atoms with Gasteiger partial charge in [0.05, 0.1) is 0 Å². The molecule has 114 valence electrons. The zero-order valence-electron chi connectivity index (χ0n) is 12.9. The molecule has 2 aromatic carbocycles. The monoisotopic (exact) mass is 309 g/mol. The fraction of sp³-hybridized carbons (Fsp3) is 0.200. The van der Waals surface area contributed by atoms with Gasteiger partial charge >= 0.3 is 0 Å². The van der Waals surface area contributed by atoms with Crippen molar-refractivity contribution in [1.29, 1.82) is 0 Å². The van der Waals surface area contributed by atoms with E-state index in [2.05, 4.69) is 77.6 Å². The van der Waals surface area contributed by atoms with Gasteiger partial charge in [0, 0.05) is 18.0 Å². The predicted octanol–water partition coefficient (Wildman–Crippen LogP) is 5.68. The lowest BCUT2D eigenvalue weighted by molar-refractivity contribution is 0.505. The minimum Gasteiger partial charge on any atom is -0.243 e. The number of unbranched alkanes of at least 4 members (excludes halogenated alkanes) is 1. The average molecular weight is 309 g/mol. The van der Waals surface area contributed by atoms with Crippen LogP contribution in [-0.4, -0.2) is 17.4 Å². The molecule has 0 saturated heterocycles. The van der Waals surface area contributed by atoms with Gasteiger partial charge in [-0.3, -0.25) is 0 Å². The van der Waals surface area contributed by atoms with Crippen LogP contribution in [-0.2, 0) is 0 Å². The Bertz CT molecular complexity index is 563. The SMILES string of the molecule is C=CCN(CCC/C=C/c1ccccc1)Sc1ccccc1. The second kappa shape index (κ2) is 10.0. The van der Waals surface area contributed by atoms with Crippen molar-refractivity contribution in [3.63, 3.8) is 0 Å². The molecule has 2 heteroatoms. The van der Waals surface area contributed by atoms with Crippen LogP contribution < -0.4 is 0 Å². The maximum absolute atomic E-state index is 3.86. The summed E-state index contributed by atoms with van der Waals surface area (Å²) in [5, 5.41) is 0. The van der Waals surface area contributed by atoms with Gasteiger partial charge in [-0.2, -0.15) is 0 Å². The van der Waals surface area contributed by atoms with Gasteiger partial charge < -0.3 is 0 Å². The summed E-state index contributed by atoms with van der Waals surface area (Å²) in [5.41, 5.74) is 1.27. The zero-order valence-corrected chi connectivity index (χ0v) is 13.7. The third kappa shape index (κ3) is 6.33. The molecule has 0 aliphatic heterocycles. The number of hydrogen-bond donors (Lipinski definition) is 0. The number of hydrogen-bond acceptors (Lipinski definition) is 2. The summed E-state index contributed by atoms with van der Waals surface area (Å²) < 4.78 is 2.36. The van der Waals surface area contributed by atoms with E-state index in [1.807, 2.05) is 12.1 Å². The number of benzene rings is 2. The van der Waals surface area contributed by atoms with Crippen LogP contribution in [0.15, 0.2) is 84.3 Å². The van der Waals surface area contributed by atoms with Gasteiger partial charge in [-0.05, 0) is 42.5 Å². The second-order valence-corrected chi connectivity index (χ2v) is 6.21. The van der Waals surface area contributed by atoms with Crippen LogP contribution in [0.3, 0.4) is 0 Å². The molecule has 2 rings (SSSR count). The average Bonchev–Trinajstić information content (AvgIpc) is 2.56. The molecule has 0 bridgehead atoms. The number of allylic oxidation sites excluding steroid dienone is 1. The molecule has 0 fully saturated rings. The second-order valence-electron chi connectivity index (χ2n) is 5.04. The Kier molecular flexibility index (Phi) is 7.57. The van der Waals surface area contributed by atoms with Crippen LogP contribution in [0.4, 0.5) is 0 Å². The van der Waals surface area contributed by atoms with E-state index in [4.69, 9.17) is 0 Å². The van der Waals surface area contributed by atoms with Crippen LogP contribution in [0.2, 0.25) is 0 Å². The summed E-state index contributed by atoms with van der Waals surface area (Å²) in [6, 6.07) is 21.0. The molecule has 0 heterocycles. The summed E-state index contributed by atoms with van der Waals surface area (Å²) in [7, 11) is 0. The molecule has 1 nitrogen and oxygen atoms in total. The zero-order chi connectivity index (χ0) is 15.5. The van der Waals surface area contributed by atoms with Crippen LogP contribution >= 0.6 is 11.9 Å². The lowest BCUT2D eigenvalue weighted by atomic mass is 10.2. The maximum atomic E-state index is 3.86. The van der Waals surface area contributed by atoms with Crippen molar-refractivity contribution in [3.8, 4) is 0 Å². The highest BCUT2D eigenvalue weighted by Gasteiger charge is 2.04. The molecule has 0 saturated carbocycles. The Morgan fingerprint density at radius 3 is 2.32 bits per heavy atom. The van der Waals surface area contributed by atoms with Gasteiger partial charge in [0.15, 0.2) is 0 Å². The van der Waals surface area contributed by atoms with Crippen molar-refractivity contribution < 1.29 is 0 Å². The highest BCUT2D eigenvalue weighted by molar-refractivity contribution is 7.97. The molecule has 0 aliphatic carbocycles. The molecule has 0 amide bonds.